The third-order valence-corrected chi connectivity index (χ3v) is 8.15. The summed E-state index contributed by atoms with van der Waals surface area (Å²) in [6, 6.07) is 30.8. The molecule has 2 heterocycles. The fourth-order valence-electron chi connectivity index (χ4n) is 5.65. The Hall–Kier alpha value is -5.47. The largest absolute Gasteiger partial charge is 0.497 e. The number of rotatable bonds is 10. The molecule has 232 valence electrons. The number of aromatic nitrogens is 3. The minimum absolute atomic E-state index is 0.143. The molecule has 6 rings (SSSR count). The molecule has 0 spiro atoms. The molecule has 0 aliphatic rings. The van der Waals surface area contributed by atoms with Gasteiger partial charge in [0.15, 0.2) is 0 Å². The van der Waals surface area contributed by atoms with Crippen LogP contribution in [0, 0.1) is 13.8 Å². The Kier molecular flexibility index (Phi) is 8.55. The van der Waals surface area contributed by atoms with Crippen molar-refractivity contribution >= 4 is 22.8 Å². The number of benzene rings is 4. The zero-order valence-corrected chi connectivity index (χ0v) is 26.5. The first-order valence-electron chi connectivity index (χ1n) is 15.0. The van der Waals surface area contributed by atoms with E-state index in [1.54, 1.807) is 26.4 Å². The lowest BCUT2D eigenvalue weighted by Crippen LogP contribution is -2.17. The Morgan fingerprint density at radius 3 is 2.00 bits per heavy atom. The number of ketones is 1. The van der Waals surface area contributed by atoms with E-state index in [0.29, 0.717) is 41.4 Å². The predicted molar refractivity (Wildman–Crippen MR) is 179 cm³/mol. The molecule has 0 unspecified atom stereocenters. The van der Waals surface area contributed by atoms with Gasteiger partial charge in [0.05, 0.1) is 43.1 Å². The van der Waals surface area contributed by atoms with Crippen molar-refractivity contribution in [3.8, 4) is 34.1 Å². The standard InChI is InChI=1S/C38H35N3O5/c1-24-6-10-26(11-7-24)31-23-34(27-14-17-30(45-4)18-15-27)41(35(31)36(42)28-12-8-25(2)9-13-28)38-39-32-22-29(37(43)46-5)16-19-33(32)40(38)20-21-44-3/h6-19,22-23H,20-21H2,1-5H3. The zero-order chi connectivity index (χ0) is 32.4. The molecule has 0 saturated carbocycles. The predicted octanol–water partition coefficient (Wildman–Crippen LogP) is 7.45. The van der Waals surface area contributed by atoms with Gasteiger partial charge in [0, 0.05) is 24.8 Å². The molecule has 4 aromatic carbocycles. The number of ether oxygens (including phenoxy) is 3. The van der Waals surface area contributed by atoms with E-state index < -0.39 is 5.97 Å². The normalized spacial score (nSPS) is 11.2. The number of methoxy groups -OCH3 is 3. The molecule has 0 aliphatic heterocycles. The van der Waals surface area contributed by atoms with Crippen molar-refractivity contribution in [2.75, 3.05) is 27.9 Å². The summed E-state index contributed by atoms with van der Waals surface area (Å²) < 4.78 is 19.9. The van der Waals surface area contributed by atoms with Crippen molar-refractivity contribution < 1.29 is 23.8 Å². The average Bonchev–Trinajstić information content (AvgIpc) is 3.65. The van der Waals surface area contributed by atoms with E-state index in [0.717, 1.165) is 44.8 Å². The monoisotopic (exact) mass is 613 g/mol. The van der Waals surface area contributed by atoms with Gasteiger partial charge >= 0.3 is 5.97 Å². The number of aryl methyl sites for hydroxylation is 2. The summed E-state index contributed by atoms with van der Waals surface area (Å²) in [6.45, 7) is 4.90. The van der Waals surface area contributed by atoms with Crippen LogP contribution in [0.5, 0.6) is 5.75 Å². The fourth-order valence-corrected chi connectivity index (χ4v) is 5.65. The maximum Gasteiger partial charge on any atom is 0.337 e. The van der Waals surface area contributed by atoms with Crippen LogP contribution in [-0.2, 0) is 16.0 Å². The van der Waals surface area contributed by atoms with Crippen LogP contribution in [0.15, 0.2) is 97.1 Å². The molecule has 0 N–H and O–H groups in total. The van der Waals surface area contributed by atoms with Crippen molar-refractivity contribution in [2.24, 2.45) is 0 Å². The molecule has 0 amide bonds. The van der Waals surface area contributed by atoms with Gasteiger partial charge in [0.2, 0.25) is 11.7 Å². The number of hydrogen-bond donors (Lipinski definition) is 0. The van der Waals surface area contributed by atoms with E-state index in [1.165, 1.54) is 7.11 Å². The second-order valence-electron chi connectivity index (χ2n) is 11.2. The number of imidazole rings is 1. The Labute approximate surface area is 267 Å². The highest BCUT2D eigenvalue weighted by Gasteiger charge is 2.28. The second-order valence-corrected chi connectivity index (χ2v) is 11.2. The maximum atomic E-state index is 14.7. The molecule has 6 aromatic rings. The lowest BCUT2D eigenvalue weighted by atomic mass is 9.98. The summed E-state index contributed by atoms with van der Waals surface area (Å²) in [5.41, 5.74) is 8.31. The van der Waals surface area contributed by atoms with Crippen LogP contribution in [0.4, 0.5) is 0 Å². The lowest BCUT2D eigenvalue weighted by molar-refractivity contribution is 0.0600. The van der Waals surface area contributed by atoms with Gasteiger partial charge in [-0.05, 0) is 73.5 Å². The minimum Gasteiger partial charge on any atom is -0.497 e. The minimum atomic E-state index is -0.452. The first kappa shape index (κ1) is 30.6. The van der Waals surface area contributed by atoms with E-state index in [-0.39, 0.29) is 5.78 Å². The van der Waals surface area contributed by atoms with Crippen LogP contribution in [0.25, 0.3) is 39.4 Å². The van der Waals surface area contributed by atoms with Crippen LogP contribution in [0.3, 0.4) is 0 Å². The Bertz CT molecular complexity index is 2040. The summed E-state index contributed by atoms with van der Waals surface area (Å²) in [7, 11) is 4.63. The van der Waals surface area contributed by atoms with Crippen molar-refractivity contribution in [2.45, 2.75) is 20.4 Å². The molecule has 8 heteroatoms. The van der Waals surface area contributed by atoms with Gasteiger partial charge in [-0.1, -0.05) is 59.7 Å². The van der Waals surface area contributed by atoms with Crippen LogP contribution in [0.1, 0.15) is 37.5 Å². The molecule has 46 heavy (non-hydrogen) atoms. The number of hydrogen-bond acceptors (Lipinski definition) is 6. The Balaban J connectivity index is 1.72. The van der Waals surface area contributed by atoms with Crippen molar-refractivity contribution in [1.82, 2.24) is 14.1 Å². The summed E-state index contributed by atoms with van der Waals surface area (Å²) in [4.78, 5) is 32.3. The number of carbonyl (C=O) groups is 2. The lowest BCUT2D eigenvalue weighted by Gasteiger charge is -2.16. The SMILES string of the molecule is COCCn1c(-n2c(-c3ccc(OC)cc3)cc(-c3ccc(C)cc3)c2C(=O)c2ccc(C)cc2)nc2cc(C(=O)OC)ccc21. The molecule has 0 fully saturated rings. The number of fused-ring (bicyclic) bond motifs is 1. The first-order chi connectivity index (χ1) is 22.3. The quantitative estimate of drug-likeness (QED) is 0.118. The van der Waals surface area contributed by atoms with Gasteiger partial charge in [-0.15, -0.1) is 0 Å². The van der Waals surface area contributed by atoms with Gasteiger partial charge in [0.25, 0.3) is 0 Å². The van der Waals surface area contributed by atoms with E-state index in [9.17, 15) is 9.59 Å². The highest BCUT2D eigenvalue weighted by molar-refractivity contribution is 6.13. The molecule has 0 bridgehead atoms. The van der Waals surface area contributed by atoms with Gasteiger partial charge in [-0.25, -0.2) is 9.78 Å². The molecular formula is C38H35N3O5. The van der Waals surface area contributed by atoms with Crippen LogP contribution >= 0.6 is 0 Å². The van der Waals surface area contributed by atoms with Crippen molar-refractivity contribution in [3.05, 3.63) is 125 Å². The summed E-state index contributed by atoms with van der Waals surface area (Å²) in [5, 5.41) is 0. The van der Waals surface area contributed by atoms with Crippen molar-refractivity contribution in [1.29, 1.82) is 0 Å². The van der Waals surface area contributed by atoms with Crippen molar-refractivity contribution in [3.63, 3.8) is 0 Å². The summed E-state index contributed by atoms with van der Waals surface area (Å²) in [5.74, 6) is 0.649. The maximum absolute atomic E-state index is 14.7. The fraction of sp³-hybridized carbons (Fsp3) is 0.184. The molecule has 0 radical (unpaired) electrons. The smallest absolute Gasteiger partial charge is 0.337 e. The van der Waals surface area contributed by atoms with Crippen LogP contribution in [-0.4, -0.2) is 53.8 Å². The van der Waals surface area contributed by atoms with Gasteiger partial charge in [-0.2, -0.15) is 0 Å². The molecule has 0 atom stereocenters. The van der Waals surface area contributed by atoms with Gasteiger partial charge in [-0.3, -0.25) is 9.36 Å². The van der Waals surface area contributed by atoms with E-state index in [4.69, 9.17) is 19.2 Å². The molecule has 0 saturated heterocycles. The third-order valence-electron chi connectivity index (χ3n) is 8.15. The van der Waals surface area contributed by atoms with Gasteiger partial charge in [0.1, 0.15) is 11.4 Å². The summed E-state index contributed by atoms with van der Waals surface area (Å²) >= 11 is 0. The summed E-state index contributed by atoms with van der Waals surface area (Å²) in [6.07, 6.45) is 0. The average molecular weight is 614 g/mol. The Morgan fingerprint density at radius 2 is 1.37 bits per heavy atom. The van der Waals surface area contributed by atoms with Crippen LogP contribution in [0.2, 0.25) is 0 Å². The first-order valence-corrected chi connectivity index (χ1v) is 15.0. The zero-order valence-electron chi connectivity index (χ0n) is 26.5. The third kappa shape index (κ3) is 5.71. The second kappa shape index (κ2) is 12.9. The highest BCUT2D eigenvalue weighted by atomic mass is 16.5. The number of carbonyl (C=O) groups excluding carboxylic acids is 2. The molecule has 8 nitrogen and oxygen atoms in total. The number of esters is 1. The van der Waals surface area contributed by atoms with Gasteiger partial charge < -0.3 is 18.8 Å². The topological polar surface area (TPSA) is 84.6 Å². The van der Waals surface area contributed by atoms with Crippen LogP contribution < -0.4 is 4.74 Å². The number of nitrogens with zero attached hydrogens (tertiary/aromatic N) is 3. The molecular weight excluding hydrogens is 578 g/mol. The Morgan fingerprint density at radius 1 is 0.739 bits per heavy atom. The molecule has 2 aromatic heterocycles. The van der Waals surface area contributed by atoms with E-state index in [2.05, 4.69) is 0 Å². The van der Waals surface area contributed by atoms with E-state index in [1.807, 2.05) is 108 Å². The molecule has 0 aliphatic carbocycles. The van der Waals surface area contributed by atoms with E-state index >= 15 is 0 Å². The highest BCUT2D eigenvalue weighted by Crippen LogP contribution is 2.38.